The highest BCUT2D eigenvalue weighted by molar-refractivity contribution is 5.83. The molecule has 1 rings (SSSR count). The second-order valence-corrected chi connectivity index (χ2v) is 4.60. The first-order valence-electron chi connectivity index (χ1n) is 6.88. The van der Waals surface area contributed by atoms with Crippen molar-refractivity contribution in [1.29, 1.82) is 0 Å². The number of methoxy groups -OCH3 is 1. The minimum atomic E-state index is -0.564. The van der Waals surface area contributed by atoms with E-state index in [2.05, 4.69) is 12.1 Å². The lowest BCUT2D eigenvalue weighted by Gasteiger charge is -2.19. The third kappa shape index (κ3) is 5.31. The zero-order valence-electron chi connectivity index (χ0n) is 13.0. The summed E-state index contributed by atoms with van der Waals surface area (Å²) in [6.07, 6.45) is 1.01. The summed E-state index contributed by atoms with van der Waals surface area (Å²) in [6.45, 7) is 7.06. The molecule has 0 bridgehead atoms. The Labute approximate surface area is 130 Å². The van der Waals surface area contributed by atoms with Crippen LogP contribution in [-0.4, -0.2) is 25.4 Å². The first-order chi connectivity index (χ1) is 10.5. The van der Waals surface area contributed by atoms with Crippen LogP contribution in [0.1, 0.15) is 31.9 Å². The maximum atomic E-state index is 11.4. The second-order valence-electron chi connectivity index (χ2n) is 4.60. The van der Waals surface area contributed by atoms with Crippen LogP contribution in [0.4, 0.5) is 0 Å². The lowest BCUT2D eigenvalue weighted by molar-refractivity contribution is -0.129. The Balaban J connectivity index is 2.86. The van der Waals surface area contributed by atoms with Gasteiger partial charge in [-0.1, -0.05) is 12.6 Å². The van der Waals surface area contributed by atoms with Gasteiger partial charge >= 0.3 is 5.97 Å². The molecule has 0 aliphatic rings. The highest BCUT2D eigenvalue weighted by Gasteiger charge is 2.19. The first kappa shape index (κ1) is 17.9. The van der Waals surface area contributed by atoms with E-state index in [0.717, 1.165) is 6.08 Å². The van der Waals surface area contributed by atoms with Gasteiger partial charge in [-0.3, -0.25) is 9.63 Å². The number of esters is 1. The summed E-state index contributed by atoms with van der Waals surface area (Å²) in [6, 6.07) is 5.11. The summed E-state index contributed by atoms with van der Waals surface area (Å²) >= 11 is 0. The van der Waals surface area contributed by atoms with Gasteiger partial charge < -0.3 is 9.47 Å². The van der Waals surface area contributed by atoms with Crippen LogP contribution in [0, 0.1) is 0 Å². The molecule has 1 aromatic carbocycles. The predicted octanol–water partition coefficient (Wildman–Crippen LogP) is 2.35. The normalized spacial score (nSPS) is 11.6. The highest BCUT2D eigenvalue weighted by Crippen LogP contribution is 2.35. The first-order valence-corrected chi connectivity index (χ1v) is 6.88. The summed E-state index contributed by atoms with van der Waals surface area (Å²) < 4.78 is 10.5. The van der Waals surface area contributed by atoms with Gasteiger partial charge in [0.05, 0.1) is 12.7 Å². The molecule has 0 aromatic heterocycles. The van der Waals surface area contributed by atoms with Crippen LogP contribution in [0.5, 0.6) is 11.5 Å². The average molecular weight is 307 g/mol. The molecule has 0 spiro atoms. The molecule has 6 heteroatoms. The number of benzene rings is 1. The molecular formula is C16H21NO5. The molecule has 1 N–H and O–H groups in total. The molecule has 0 aliphatic carbocycles. The molecule has 1 unspecified atom stereocenters. The minimum absolute atomic E-state index is 0.0710. The quantitative estimate of drug-likeness (QED) is 0.248. The van der Waals surface area contributed by atoms with Crippen molar-refractivity contribution in [2.45, 2.75) is 26.4 Å². The smallest absolute Gasteiger partial charge is 0.335 e. The molecule has 0 saturated carbocycles. The Morgan fingerprint density at radius 3 is 2.64 bits per heavy atom. The van der Waals surface area contributed by atoms with Crippen molar-refractivity contribution in [2.75, 3.05) is 13.7 Å². The number of hydrogen-bond donors (Lipinski definition) is 1. The number of nitrogens with one attached hydrogen (secondary N) is 1. The van der Waals surface area contributed by atoms with E-state index in [1.54, 1.807) is 25.1 Å². The van der Waals surface area contributed by atoms with Crippen molar-refractivity contribution in [2.24, 2.45) is 0 Å². The van der Waals surface area contributed by atoms with Crippen molar-refractivity contribution < 1.29 is 23.9 Å². The van der Waals surface area contributed by atoms with E-state index in [4.69, 9.17) is 14.3 Å². The topological polar surface area (TPSA) is 73.9 Å². The Morgan fingerprint density at radius 1 is 1.36 bits per heavy atom. The van der Waals surface area contributed by atoms with Gasteiger partial charge in [0.15, 0.2) is 0 Å². The van der Waals surface area contributed by atoms with E-state index in [1.807, 2.05) is 0 Å². The van der Waals surface area contributed by atoms with Crippen LogP contribution in [0.25, 0.3) is 0 Å². The fourth-order valence-electron chi connectivity index (χ4n) is 1.81. The summed E-state index contributed by atoms with van der Waals surface area (Å²) in [7, 11) is 1.52. The Hall–Kier alpha value is -2.18. The number of carbonyl (C=O) groups is 2. The molecule has 22 heavy (non-hydrogen) atoms. The van der Waals surface area contributed by atoms with E-state index >= 15 is 0 Å². The van der Waals surface area contributed by atoms with Crippen molar-refractivity contribution in [3.63, 3.8) is 0 Å². The van der Waals surface area contributed by atoms with Crippen LogP contribution in [0.3, 0.4) is 0 Å². The molecule has 1 aromatic rings. The molecule has 0 saturated heterocycles. The lowest BCUT2D eigenvalue weighted by Crippen LogP contribution is -2.21. The monoisotopic (exact) mass is 307 g/mol. The maximum Gasteiger partial charge on any atom is 0.335 e. The van der Waals surface area contributed by atoms with Gasteiger partial charge in [0.2, 0.25) is 0 Å². The largest absolute Gasteiger partial charge is 0.496 e. The van der Waals surface area contributed by atoms with Gasteiger partial charge in [0.25, 0.3) is 0 Å². The van der Waals surface area contributed by atoms with Crippen LogP contribution < -0.4 is 15.0 Å². The Morgan fingerprint density at radius 2 is 2.05 bits per heavy atom. The van der Waals surface area contributed by atoms with E-state index < -0.39 is 12.1 Å². The molecule has 0 radical (unpaired) electrons. The van der Waals surface area contributed by atoms with Crippen LogP contribution in [0.2, 0.25) is 0 Å². The van der Waals surface area contributed by atoms with E-state index in [-0.39, 0.29) is 5.78 Å². The van der Waals surface area contributed by atoms with Crippen molar-refractivity contribution in [1.82, 2.24) is 5.48 Å². The van der Waals surface area contributed by atoms with Crippen molar-refractivity contribution >= 4 is 11.8 Å². The fraction of sp³-hybridized carbons (Fsp3) is 0.375. The van der Waals surface area contributed by atoms with Crippen LogP contribution >= 0.6 is 0 Å². The molecular weight excluding hydrogens is 286 g/mol. The number of Topliss-reactive ketones (excluding diaryl/α,β-unsaturated/α-hetero) is 1. The summed E-state index contributed by atoms with van der Waals surface area (Å²) in [4.78, 5) is 27.8. The molecule has 0 aliphatic heterocycles. The van der Waals surface area contributed by atoms with E-state index in [0.29, 0.717) is 30.0 Å². The van der Waals surface area contributed by atoms with E-state index in [1.165, 1.54) is 14.0 Å². The van der Waals surface area contributed by atoms with Crippen molar-refractivity contribution in [3.05, 3.63) is 36.4 Å². The standard InChI is InChI=1S/C16H21NO5/c1-5-15(19)21-14-8-6-7-13(20-4)16(14)12(3)22-17-10-9-11(2)18/h5-8,12,17H,1,9-10H2,2-4H3. The van der Waals surface area contributed by atoms with Gasteiger partial charge in [-0.25, -0.2) is 10.3 Å². The lowest BCUT2D eigenvalue weighted by atomic mass is 10.1. The number of carbonyl (C=O) groups excluding carboxylic acids is 2. The summed E-state index contributed by atoms with van der Waals surface area (Å²) in [5, 5.41) is 0. The number of rotatable bonds is 9. The Bertz CT molecular complexity index is 541. The average Bonchev–Trinajstić information content (AvgIpc) is 2.50. The molecule has 6 nitrogen and oxygen atoms in total. The summed E-state index contributed by atoms with van der Waals surface area (Å²) in [5.41, 5.74) is 3.32. The van der Waals surface area contributed by atoms with Gasteiger partial charge in [-0.05, 0) is 26.0 Å². The highest BCUT2D eigenvalue weighted by atomic mass is 16.7. The summed E-state index contributed by atoms with van der Waals surface area (Å²) in [5.74, 6) is 0.383. The van der Waals surface area contributed by atoms with E-state index in [9.17, 15) is 9.59 Å². The van der Waals surface area contributed by atoms with Crippen molar-refractivity contribution in [3.8, 4) is 11.5 Å². The fourth-order valence-corrected chi connectivity index (χ4v) is 1.81. The number of ether oxygens (including phenoxy) is 2. The zero-order chi connectivity index (χ0) is 16.5. The second kappa shape index (κ2) is 8.96. The molecule has 1 atom stereocenters. The third-order valence-corrected chi connectivity index (χ3v) is 2.87. The van der Waals surface area contributed by atoms with Gasteiger partial charge in [0, 0.05) is 19.0 Å². The van der Waals surface area contributed by atoms with Gasteiger partial charge in [-0.2, -0.15) is 0 Å². The van der Waals surface area contributed by atoms with Crippen LogP contribution in [-0.2, 0) is 14.4 Å². The molecule has 0 amide bonds. The Kier molecular flexibility index (Phi) is 7.28. The molecule has 0 fully saturated rings. The maximum absolute atomic E-state index is 11.4. The zero-order valence-corrected chi connectivity index (χ0v) is 13.0. The molecule has 120 valence electrons. The number of ketones is 1. The van der Waals surface area contributed by atoms with Crippen LogP contribution in [0.15, 0.2) is 30.9 Å². The van der Waals surface area contributed by atoms with Gasteiger partial charge in [-0.15, -0.1) is 0 Å². The predicted molar refractivity (Wildman–Crippen MR) is 81.6 cm³/mol. The SMILES string of the molecule is C=CC(=O)Oc1cccc(OC)c1C(C)ONCCC(C)=O. The van der Waals surface area contributed by atoms with Gasteiger partial charge in [0.1, 0.15) is 23.4 Å². The minimum Gasteiger partial charge on any atom is -0.496 e. The number of hydrogen-bond acceptors (Lipinski definition) is 6. The number of hydroxylamine groups is 1. The molecule has 0 heterocycles. The third-order valence-electron chi connectivity index (χ3n) is 2.87.